The lowest BCUT2D eigenvalue weighted by atomic mass is 10.0. The van der Waals surface area contributed by atoms with Crippen LogP contribution in [0.4, 0.5) is 5.69 Å². The van der Waals surface area contributed by atoms with Gasteiger partial charge in [0.1, 0.15) is 11.5 Å². The number of benzene rings is 2. The summed E-state index contributed by atoms with van der Waals surface area (Å²) >= 11 is 1.68. The van der Waals surface area contributed by atoms with E-state index >= 15 is 0 Å². The van der Waals surface area contributed by atoms with Gasteiger partial charge in [0.2, 0.25) is 5.91 Å². The van der Waals surface area contributed by atoms with Crippen molar-refractivity contribution in [3.63, 3.8) is 0 Å². The number of hydrogen-bond acceptors (Lipinski definition) is 5. The lowest BCUT2D eigenvalue weighted by molar-refractivity contribution is -0.115. The molecule has 0 bridgehead atoms. The van der Waals surface area contributed by atoms with E-state index in [-0.39, 0.29) is 18.5 Å². The molecule has 0 aliphatic carbocycles. The van der Waals surface area contributed by atoms with E-state index in [1.54, 1.807) is 43.8 Å². The zero-order chi connectivity index (χ0) is 21.3. The molecule has 1 atom stereocenters. The van der Waals surface area contributed by atoms with Crippen LogP contribution in [0.1, 0.15) is 35.4 Å². The largest absolute Gasteiger partial charge is 0.497 e. The van der Waals surface area contributed by atoms with E-state index < -0.39 is 0 Å². The summed E-state index contributed by atoms with van der Waals surface area (Å²) in [5.74, 6) is 1.10. The topological polar surface area (TPSA) is 59.6 Å². The fraction of sp³-hybridized carbons (Fsp3) is 0.292. The number of amides is 1. The lowest BCUT2D eigenvalue weighted by Gasteiger charge is -2.19. The third-order valence-electron chi connectivity index (χ3n) is 4.83. The highest BCUT2D eigenvalue weighted by atomic mass is 32.1. The molecule has 0 spiro atoms. The van der Waals surface area contributed by atoms with Crippen molar-refractivity contribution in [1.82, 2.24) is 5.32 Å². The second kappa shape index (κ2) is 10.8. The summed E-state index contributed by atoms with van der Waals surface area (Å²) in [5.41, 5.74) is 3.09. The summed E-state index contributed by atoms with van der Waals surface area (Å²) in [6.07, 6.45) is 2.20. The highest BCUT2D eigenvalue weighted by Crippen LogP contribution is 2.29. The number of carbonyl (C=O) groups is 1. The van der Waals surface area contributed by atoms with Crippen molar-refractivity contribution in [2.75, 3.05) is 26.1 Å². The fourth-order valence-electron chi connectivity index (χ4n) is 3.29. The number of carbonyl (C=O) groups excluding carboxylic acids is 1. The minimum atomic E-state index is -0.136. The van der Waals surface area contributed by atoms with Gasteiger partial charge in [0.25, 0.3) is 0 Å². The molecule has 3 aromatic rings. The summed E-state index contributed by atoms with van der Waals surface area (Å²) < 4.78 is 10.6. The fourth-order valence-corrected chi connectivity index (χ4v) is 4.12. The maximum Gasteiger partial charge on any atom is 0.238 e. The van der Waals surface area contributed by atoms with Crippen molar-refractivity contribution < 1.29 is 14.3 Å². The molecule has 0 saturated heterocycles. The molecule has 30 heavy (non-hydrogen) atoms. The Morgan fingerprint density at radius 1 is 1.07 bits per heavy atom. The van der Waals surface area contributed by atoms with Crippen molar-refractivity contribution >= 4 is 22.9 Å². The minimum absolute atomic E-state index is 0.0378. The zero-order valence-corrected chi connectivity index (χ0v) is 18.4. The van der Waals surface area contributed by atoms with E-state index in [1.165, 1.54) is 10.4 Å². The van der Waals surface area contributed by atoms with Crippen LogP contribution in [0.3, 0.4) is 0 Å². The van der Waals surface area contributed by atoms with Gasteiger partial charge >= 0.3 is 0 Å². The Hall–Kier alpha value is -2.83. The minimum Gasteiger partial charge on any atom is -0.497 e. The van der Waals surface area contributed by atoms with Gasteiger partial charge in [0.15, 0.2) is 0 Å². The average Bonchev–Trinajstić information content (AvgIpc) is 3.30. The Bertz CT molecular complexity index is 940. The van der Waals surface area contributed by atoms with E-state index in [0.29, 0.717) is 17.2 Å². The van der Waals surface area contributed by atoms with Crippen LogP contribution in [0.15, 0.2) is 60.0 Å². The van der Waals surface area contributed by atoms with E-state index in [9.17, 15) is 4.79 Å². The van der Waals surface area contributed by atoms with Gasteiger partial charge in [-0.15, -0.1) is 11.3 Å². The molecule has 0 aliphatic rings. The third kappa shape index (κ3) is 5.62. The van der Waals surface area contributed by atoms with Crippen LogP contribution >= 0.6 is 11.3 Å². The molecule has 1 amide bonds. The quantitative estimate of drug-likeness (QED) is 0.479. The molecule has 1 aromatic heterocycles. The van der Waals surface area contributed by atoms with Crippen molar-refractivity contribution in [3.8, 4) is 11.5 Å². The molecule has 2 N–H and O–H groups in total. The monoisotopic (exact) mass is 424 g/mol. The Morgan fingerprint density at radius 2 is 1.87 bits per heavy atom. The maximum atomic E-state index is 12.6. The first-order valence-corrected chi connectivity index (χ1v) is 10.9. The van der Waals surface area contributed by atoms with E-state index in [2.05, 4.69) is 53.3 Å². The number of aryl methyl sites for hydroxylation is 1. The van der Waals surface area contributed by atoms with Crippen LogP contribution in [-0.4, -0.2) is 26.7 Å². The molecule has 0 radical (unpaired) electrons. The first-order valence-electron chi connectivity index (χ1n) is 10.0. The van der Waals surface area contributed by atoms with Gasteiger partial charge in [0, 0.05) is 10.9 Å². The molecule has 6 heteroatoms. The van der Waals surface area contributed by atoms with Crippen molar-refractivity contribution in [1.29, 1.82) is 0 Å². The van der Waals surface area contributed by atoms with Crippen molar-refractivity contribution in [2.24, 2.45) is 0 Å². The van der Waals surface area contributed by atoms with Gasteiger partial charge in [-0.25, -0.2) is 0 Å². The van der Waals surface area contributed by atoms with Crippen LogP contribution in [0.5, 0.6) is 11.5 Å². The summed E-state index contributed by atoms with van der Waals surface area (Å²) in [4.78, 5) is 13.8. The molecule has 0 aliphatic heterocycles. The SMILES string of the molecule is CCCc1ccc([C@@H](NCC(=O)Nc2ccc(OC)cc2OC)c2cccs2)cc1. The number of ether oxygens (including phenoxy) is 2. The van der Waals surface area contributed by atoms with Crippen molar-refractivity contribution in [2.45, 2.75) is 25.8 Å². The molecular weight excluding hydrogens is 396 g/mol. The predicted octanol–water partition coefficient (Wildman–Crippen LogP) is 5.04. The number of methoxy groups -OCH3 is 2. The first kappa shape index (κ1) is 21.9. The van der Waals surface area contributed by atoms with Crippen LogP contribution < -0.4 is 20.1 Å². The molecule has 0 saturated carbocycles. The van der Waals surface area contributed by atoms with Crippen LogP contribution in [-0.2, 0) is 11.2 Å². The van der Waals surface area contributed by atoms with Gasteiger partial charge < -0.3 is 14.8 Å². The van der Waals surface area contributed by atoms with Crippen molar-refractivity contribution in [3.05, 3.63) is 76.0 Å². The number of hydrogen-bond donors (Lipinski definition) is 2. The second-order valence-electron chi connectivity index (χ2n) is 6.94. The summed E-state index contributed by atoms with van der Waals surface area (Å²) in [6, 6.07) is 18.0. The molecule has 0 unspecified atom stereocenters. The second-order valence-corrected chi connectivity index (χ2v) is 7.91. The number of rotatable bonds is 10. The average molecular weight is 425 g/mol. The maximum absolute atomic E-state index is 12.6. The normalized spacial score (nSPS) is 11.7. The van der Waals surface area contributed by atoms with Gasteiger partial charge in [0.05, 0.1) is 32.5 Å². The lowest BCUT2D eigenvalue weighted by Crippen LogP contribution is -2.31. The third-order valence-corrected chi connectivity index (χ3v) is 5.77. The highest BCUT2D eigenvalue weighted by molar-refractivity contribution is 7.10. The van der Waals surface area contributed by atoms with Crippen LogP contribution in [0.2, 0.25) is 0 Å². The molecule has 2 aromatic carbocycles. The Kier molecular flexibility index (Phi) is 7.88. The Balaban J connectivity index is 1.69. The van der Waals surface area contributed by atoms with E-state index in [1.807, 2.05) is 6.07 Å². The summed E-state index contributed by atoms with van der Waals surface area (Å²) in [7, 11) is 3.16. The number of nitrogens with one attached hydrogen (secondary N) is 2. The number of anilines is 1. The molecule has 5 nitrogen and oxygen atoms in total. The van der Waals surface area contributed by atoms with Crippen LogP contribution in [0, 0.1) is 0 Å². The Morgan fingerprint density at radius 3 is 2.50 bits per heavy atom. The Labute approximate surface area is 182 Å². The smallest absolute Gasteiger partial charge is 0.238 e. The summed E-state index contributed by atoms with van der Waals surface area (Å²) in [5, 5.41) is 8.37. The van der Waals surface area contributed by atoms with E-state index in [0.717, 1.165) is 18.4 Å². The number of thiophene rings is 1. The molecular formula is C24H28N2O3S. The first-order chi connectivity index (χ1) is 14.6. The molecule has 0 fully saturated rings. The van der Waals surface area contributed by atoms with Crippen LogP contribution in [0.25, 0.3) is 0 Å². The molecule has 158 valence electrons. The molecule has 1 heterocycles. The van der Waals surface area contributed by atoms with Gasteiger partial charge in [-0.3, -0.25) is 10.1 Å². The predicted molar refractivity (Wildman–Crippen MR) is 123 cm³/mol. The molecule has 3 rings (SSSR count). The van der Waals surface area contributed by atoms with Gasteiger partial charge in [-0.1, -0.05) is 43.7 Å². The zero-order valence-electron chi connectivity index (χ0n) is 17.6. The summed E-state index contributed by atoms with van der Waals surface area (Å²) in [6.45, 7) is 2.36. The van der Waals surface area contributed by atoms with E-state index in [4.69, 9.17) is 9.47 Å². The highest BCUT2D eigenvalue weighted by Gasteiger charge is 2.17. The standard InChI is InChI=1S/C24H28N2O3S/c1-4-6-17-8-10-18(11-9-17)24(22-7-5-14-30-22)25-16-23(27)26-20-13-12-19(28-2)15-21(20)29-3/h5,7-15,24-25H,4,6,16H2,1-3H3,(H,26,27)/t24-/m1/s1. The van der Waals surface area contributed by atoms with Gasteiger partial charge in [-0.2, -0.15) is 0 Å². The van der Waals surface area contributed by atoms with Gasteiger partial charge in [-0.05, 0) is 41.1 Å².